The predicted molar refractivity (Wildman–Crippen MR) is 124 cm³/mol. The predicted octanol–water partition coefficient (Wildman–Crippen LogP) is 2.86. The number of nitrogens with one attached hydrogen (secondary N) is 1. The third kappa shape index (κ3) is 3.52. The Morgan fingerprint density at radius 2 is 2.14 bits per heavy atom. The third-order valence-corrected chi connectivity index (χ3v) is 6.21. The molecule has 11 heteroatoms. The largest absolute Gasteiger partial charge is 0.481 e. The van der Waals surface area contributed by atoms with Gasteiger partial charge in [-0.1, -0.05) is 13.0 Å². The first-order valence-electron chi connectivity index (χ1n) is 11.3. The highest BCUT2D eigenvalue weighted by Crippen LogP contribution is 2.34. The maximum atomic E-state index is 13.6. The standard InChI is InChI=1S/C24H22N8O3/c1-3-15-5-4-6-16-11-18(30-32(15)16)21-20-17(26-13-27-20)9-10-31(21)24(33)23-29-28-22(35-23)14-7-8-19(34-2)25-12-14/h4-8,11-13,21H,3,9-10H2,1-2H3,(H,26,27)/t21-/m1/s1. The number of aryl methyl sites for hydroxylation is 1. The molecule has 1 amide bonds. The zero-order valence-corrected chi connectivity index (χ0v) is 19.2. The van der Waals surface area contributed by atoms with Gasteiger partial charge in [0.2, 0.25) is 11.8 Å². The van der Waals surface area contributed by atoms with Crippen LogP contribution in [0.25, 0.3) is 17.0 Å². The van der Waals surface area contributed by atoms with Crippen molar-refractivity contribution in [2.24, 2.45) is 0 Å². The van der Waals surface area contributed by atoms with Gasteiger partial charge < -0.3 is 19.0 Å². The molecule has 11 nitrogen and oxygen atoms in total. The number of pyridine rings is 2. The highest BCUT2D eigenvalue weighted by Gasteiger charge is 2.38. The third-order valence-electron chi connectivity index (χ3n) is 6.21. The molecular weight excluding hydrogens is 448 g/mol. The minimum atomic E-state index is -0.486. The summed E-state index contributed by atoms with van der Waals surface area (Å²) in [6.07, 6.45) is 4.68. The second-order valence-electron chi connectivity index (χ2n) is 8.20. The monoisotopic (exact) mass is 470 g/mol. The van der Waals surface area contributed by atoms with Gasteiger partial charge in [0.1, 0.15) is 6.04 Å². The van der Waals surface area contributed by atoms with E-state index >= 15 is 0 Å². The van der Waals surface area contributed by atoms with Crippen LogP contribution in [0.3, 0.4) is 0 Å². The van der Waals surface area contributed by atoms with Crippen molar-refractivity contribution in [1.82, 2.24) is 39.7 Å². The van der Waals surface area contributed by atoms with Gasteiger partial charge in [-0.2, -0.15) is 5.10 Å². The molecular formula is C24H22N8O3. The van der Waals surface area contributed by atoms with Gasteiger partial charge in [0.25, 0.3) is 0 Å². The van der Waals surface area contributed by atoms with Gasteiger partial charge in [-0.25, -0.2) is 14.5 Å². The Kier molecular flexibility index (Phi) is 5.02. The van der Waals surface area contributed by atoms with Gasteiger partial charge in [0.15, 0.2) is 0 Å². The van der Waals surface area contributed by atoms with E-state index < -0.39 is 6.04 Å². The topological polar surface area (TPSA) is 127 Å². The van der Waals surface area contributed by atoms with Crippen molar-refractivity contribution in [3.63, 3.8) is 0 Å². The van der Waals surface area contributed by atoms with E-state index in [0.29, 0.717) is 24.4 Å². The first-order chi connectivity index (χ1) is 17.2. The van der Waals surface area contributed by atoms with E-state index in [1.165, 1.54) is 7.11 Å². The van der Waals surface area contributed by atoms with Gasteiger partial charge in [-0.3, -0.25) is 4.79 Å². The molecule has 0 saturated heterocycles. The van der Waals surface area contributed by atoms with E-state index in [2.05, 4.69) is 32.1 Å². The Hall–Kier alpha value is -4.54. The first kappa shape index (κ1) is 21.0. The van der Waals surface area contributed by atoms with E-state index in [0.717, 1.165) is 34.7 Å². The molecule has 0 aromatic carbocycles. The van der Waals surface area contributed by atoms with E-state index in [1.807, 2.05) is 28.8 Å². The summed E-state index contributed by atoms with van der Waals surface area (Å²) in [4.78, 5) is 27.2. The molecule has 1 aliphatic heterocycles. The van der Waals surface area contributed by atoms with Crippen molar-refractivity contribution in [3.8, 4) is 17.3 Å². The molecule has 5 aromatic rings. The fourth-order valence-corrected chi connectivity index (χ4v) is 4.46. The van der Waals surface area contributed by atoms with Gasteiger partial charge >= 0.3 is 11.8 Å². The fourth-order valence-electron chi connectivity index (χ4n) is 4.46. The number of imidazole rings is 1. The smallest absolute Gasteiger partial charge is 0.312 e. The number of carbonyl (C=O) groups excluding carboxylic acids is 1. The molecule has 6 heterocycles. The lowest BCUT2D eigenvalue weighted by atomic mass is 9.99. The summed E-state index contributed by atoms with van der Waals surface area (Å²) in [5.41, 5.74) is 5.12. The van der Waals surface area contributed by atoms with Crippen molar-refractivity contribution >= 4 is 11.4 Å². The van der Waals surface area contributed by atoms with Crippen LogP contribution in [0.4, 0.5) is 0 Å². The van der Waals surface area contributed by atoms with Crippen LogP contribution in [-0.4, -0.2) is 59.2 Å². The Balaban J connectivity index is 1.37. The van der Waals surface area contributed by atoms with Crippen LogP contribution in [0.2, 0.25) is 0 Å². The van der Waals surface area contributed by atoms with Crippen LogP contribution in [0.5, 0.6) is 5.88 Å². The number of aromatic nitrogens is 7. The average Bonchev–Trinajstić information content (AvgIpc) is 3.66. The van der Waals surface area contributed by atoms with E-state index in [-0.39, 0.29) is 17.7 Å². The van der Waals surface area contributed by atoms with Crippen LogP contribution >= 0.6 is 0 Å². The molecule has 6 rings (SSSR count). The highest BCUT2D eigenvalue weighted by molar-refractivity contribution is 5.90. The van der Waals surface area contributed by atoms with Gasteiger partial charge in [-0.15, -0.1) is 10.2 Å². The maximum Gasteiger partial charge on any atom is 0.312 e. The van der Waals surface area contributed by atoms with Crippen molar-refractivity contribution in [2.75, 3.05) is 13.7 Å². The summed E-state index contributed by atoms with van der Waals surface area (Å²) >= 11 is 0. The van der Waals surface area contributed by atoms with Crippen LogP contribution < -0.4 is 4.74 Å². The molecule has 35 heavy (non-hydrogen) atoms. The van der Waals surface area contributed by atoms with Gasteiger partial charge in [-0.05, 0) is 30.7 Å². The number of nitrogens with zero attached hydrogens (tertiary/aromatic N) is 7. The molecule has 0 bridgehead atoms. The molecule has 176 valence electrons. The Bertz CT molecular complexity index is 1520. The molecule has 5 aromatic heterocycles. The van der Waals surface area contributed by atoms with E-state index in [9.17, 15) is 4.79 Å². The zero-order chi connectivity index (χ0) is 23.9. The normalized spacial score (nSPS) is 15.4. The maximum absolute atomic E-state index is 13.6. The SMILES string of the molecule is CCc1cccc2cc([C@@H]3c4nc[nH]c4CCN3C(=O)c3nnc(-c4ccc(OC)nc4)o3)nn12. The Morgan fingerprint density at radius 3 is 2.94 bits per heavy atom. The lowest BCUT2D eigenvalue weighted by molar-refractivity contribution is 0.0646. The quantitative estimate of drug-likeness (QED) is 0.415. The molecule has 0 unspecified atom stereocenters. The molecule has 1 N–H and O–H groups in total. The molecule has 0 saturated carbocycles. The van der Waals surface area contributed by atoms with E-state index in [4.69, 9.17) is 14.3 Å². The van der Waals surface area contributed by atoms with Gasteiger partial charge in [0.05, 0.1) is 35.9 Å². The molecule has 0 aliphatic carbocycles. The van der Waals surface area contributed by atoms with Crippen LogP contribution in [0, 0.1) is 0 Å². The van der Waals surface area contributed by atoms with Crippen LogP contribution in [0.1, 0.15) is 46.4 Å². The number of ether oxygens (including phenoxy) is 1. The van der Waals surface area contributed by atoms with Gasteiger partial charge in [0, 0.05) is 36.6 Å². The average molecular weight is 470 g/mol. The summed E-state index contributed by atoms with van der Waals surface area (Å²) in [7, 11) is 1.54. The number of amides is 1. The Labute approximate surface area is 199 Å². The number of rotatable bonds is 5. The second kappa shape index (κ2) is 8.35. The first-order valence-corrected chi connectivity index (χ1v) is 11.3. The number of aromatic amines is 1. The number of fused-ring (bicyclic) bond motifs is 2. The number of H-pyrrole nitrogens is 1. The van der Waals surface area contributed by atoms with Crippen LogP contribution in [-0.2, 0) is 12.8 Å². The number of carbonyl (C=O) groups is 1. The molecule has 0 radical (unpaired) electrons. The Morgan fingerprint density at radius 1 is 1.23 bits per heavy atom. The molecule has 0 spiro atoms. The number of hydrogen-bond donors (Lipinski definition) is 1. The summed E-state index contributed by atoms with van der Waals surface area (Å²) < 4.78 is 12.8. The van der Waals surface area contributed by atoms with Crippen molar-refractivity contribution < 1.29 is 13.9 Å². The van der Waals surface area contributed by atoms with Crippen molar-refractivity contribution in [2.45, 2.75) is 25.8 Å². The summed E-state index contributed by atoms with van der Waals surface area (Å²) in [6.45, 7) is 2.54. The lowest BCUT2D eigenvalue weighted by Crippen LogP contribution is -2.41. The van der Waals surface area contributed by atoms with Crippen molar-refractivity contribution in [3.05, 3.63) is 77.6 Å². The molecule has 0 fully saturated rings. The highest BCUT2D eigenvalue weighted by atomic mass is 16.5. The summed E-state index contributed by atoms with van der Waals surface area (Å²) in [5, 5.41) is 13.0. The minimum absolute atomic E-state index is 0.0992. The number of methoxy groups -OCH3 is 1. The van der Waals surface area contributed by atoms with Crippen LogP contribution in [0.15, 0.2) is 53.3 Å². The van der Waals surface area contributed by atoms with Crippen molar-refractivity contribution in [1.29, 1.82) is 0 Å². The lowest BCUT2D eigenvalue weighted by Gasteiger charge is -2.32. The fraction of sp³-hybridized carbons (Fsp3) is 0.250. The minimum Gasteiger partial charge on any atom is -0.481 e. The molecule has 1 aliphatic rings. The molecule has 1 atom stereocenters. The second-order valence-corrected chi connectivity index (χ2v) is 8.20. The summed E-state index contributed by atoms with van der Waals surface area (Å²) in [6, 6.07) is 11.0. The summed E-state index contributed by atoms with van der Waals surface area (Å²) in [5.74, 6) is 0.196. The van der Waals surface area contributed by atoms with E-state index in [1.54, 1.807) is 29.6 Å². The zero-order valence-electron chi connectivity index (χ0n) is 19.2. The number of hydrogen-bond acceptors (Lipinski definition) is 8.